The first kappa shape index (κ1) is 23.2. The molecule has 2 heterocycles. The molecule has 4 aromatic rings. The van der Waals surface area contributed by atoms with Gasteiger partial charge in [-0.3, -0.25) is 0 Å². The number of nitrogens with two attached hydrogens (primary N) is 1. The van der Waals surface area contributed by atoms with Crippen LogP contribution in [-0.2, 0) is 27.5 Å². The topological polar surface area (TPSA) is 100 Å². The molecule has 0 atom stereocenters. The molecule has 2 aromatic heterocycles. The van der Waals surface area contributed by atoms with Crippen LogP contribution in [0.25, 0.3) is 21.9 Å². The van der Waals surface area contributed by atoms with Crippen molar-refractivity contribution in [2.75, 3.05) is 24.7 Å². The number of rotatable bonds is 10. The van der Waals surface area contributed by atoms with E-state index in [0.29, 0.717) is 36.9 Å². The quantitative estimate of drug-likeness (QED) is 0.350. The second-order valence-electron chi connectivity index (χ2n) is 8.19. The van der Waals surface area contributed by atoms with Gasteiger partial charge < -0.3 is 15.0 Å². The first-order chi connectivity index (χ1) is 15.9. The highest BCUT2D eigenvalue weighted by atomic mass is 32.2. The molecule has 2 N–H and O–H groups in total. The van der Waals surface area contributed by atoms with Gasteiger partial charge in [0.05, 0.1) is 28.3 Å². The van der Waals surface area contributed by atoms with E-state index in [9.17, 15) is 8.42 Å². The maximum Gasteiger partial charge on any atom is 0.178 e. The number of imidazole rings is 1. The maximum atomic E-state index is 12.6. The fraction of sp³-hybridized carbons (Fsp3) is 0.360. The number of hydrogen-bond acceptors (Lipinski definition) is 6. The molecule has 0 fully saturated rings. The average Bonchev–Trinajstić information content (AvgIpc) is 3.16. The number of nitrogen functional groups attached to an aromatic ring is 1. The molecule has 33 heavy (non-hydrogen) atoms. The minimum Gasteiger partial charge on any atom is -0.382 e. The zero-order chi connectivity index (χ0) is 23.4. The molecule has 4 rings (SSSR count). The van der Waals surface area contributed by atoms with Crippen LogP contribution in [0.2, 0.25) is 0 Å². The van der Waals surface area contributed by atoms with E-state index in [1.807, 2.05) is 43.3 Å². The lowest BCUT2D eigenvalue weighted by Crippen LogP contribution is -2.13. The van der Waals surface area contributed by atoms with Crippen LogP contribution in [-0.4, -0.2) is 41.9 Å². The molecule has 7 nitrogen and oxygen atoms in total. The number of para-hydroxylation sites is 1. The maximum absolute atomic E-state index is 12.6. The van der Waals surface area contributed by atoms with Crippen LogP contribution < -0.4 is 5.73 Å². The predicted molar refractivity (Wildman–Crippen MR) is 132 cm³/mol. The van der Waals surface area contributed by atoms with Crippen molar-refractivity contribution in [1.82, 2.24) is 14.5 Å². The van der Waals surface area contributed by atoms with Crippen LogP contribution in [0.4, 0.5) is 5.82 Å². The van der Waals surface area contributed by atoms with Crippen LogP contribution in [0.15, 0.2) is 53.4 Å². The molecular formula is C25H30N4O3S. The van der Waals surface area contributed by atoms with Gasteiger partial charge in [-0.15, -0.1) is 0 Å². The number of benzene rings is 2. The molecule has 0 spiro atoms. The Balaban J connectivity index is 1.44. The Bertz CT molecular complexity index is 1380. The Labute approximate surface area is 194 Å². The molecule has 2 aromatic carbocycles. The molecular weight excluding hydrogens is 436 g/mol. The van der Waals surface area contributed by atoms with Crippen molar-refractivity contribution in [1.29, 1.82) is 0 Å². The highest BCUT2D eigenvalue weighted by Gasteiger charge is 2.18. The Morgan fingerprint density at radius 2 is 1.79 bits per heavy atom. The molecule has 0 saturated heterocycles. The van der Waals surface area contributed by atoms with Crippen molar-refractivity contribution in [2.24, 2.45) is 0 Å². The molecule has 174 valence electrons. The van der Waals surface area contributed by atoms with Gasteiger partial charge in [0, 0.05) is 25.0 Å². The number of anilines is 1. The smallest absolute Gasteiger partial charge is 0.178 e. The Morgan fingerprint density at radius 3 is 2.58 bits per heavy atom. The zero-order valence-electron chi connectivity index (χ0n) is 19.1. The van der Waals surface area contributed by atoms with Gasteiger partial charge in [0.15, 0.2) is 15.7 Å². The van der Waals surface area contributed by atoms with Gasteiger partial charge in [-0.25, -0.2) is 18.4 Å². The normalized spacial score (nSPS) is 12.1. The standard InChI is InChI=1S/C25H30N4O3S/c1-3-9-22-28-23-24(19-11-5-6-12-20(19)27-25(23)26)29(22)14-16-32-15-8-17-33(30,31)21-13-7-4-10-18(21)2/h4-7,10-13H,3,8-9,14-17H2,1-2H3,(H2,26,27). The highest BCUT2D eigenvalue weighted by Crippen LogP contribution is 2.29. The third-order valence-electron chi connectivity index (χ3n) is 5.75. The SMILES string of the molecule is CCCc1nc2c(N)nc3ccccc3c2n1CCOCCCS(=O)(=O)c1ccccc1C. The van der Waals surface area contributed by atoms with Crippen molar-refractivity contribution < 1.29 is 13.2 Å². The number of aryl methyl sites for hydroxylation is 2. The van der Waals surface area contributed by atoms with E-state index < -0.39 is 9.84 Å². The van der Waals surface area contributed by atoms with E-state index >= 15 is 0 Å². The summed E-state index contributed by atoms with van der Waals surface area (Å²) in [6.07, 6.45) is 2.24. The van der Waals surface area contributed by atoms with Crippen molar-refractivity contribution >= 4 is 37.6 Å². The van der Waals surface area contributed by atoms with Gasteiger partial charge in [0.1, 0.15) is 11.3 Å². The van der Waals surface area contributed by atoms with E-state index in [4.69, 9.17) is 15.5 Å². The second kappa shape index (κ2) is 9.89. The lowest BCUT2D eigenvalue weighted by molar-refractivity contribution is 0.127. The third-order valence-corrected chi connectivity index (χ3v) is 7.71. The zero-order valence-corrected chi connectivity index (χ0v) is 19.9. The number of ether oxygens (including phenoxy) is 1. The minimum atomic E-state index is -3.31. The number of pyridine rings is 1. The van der Waals surface area contributed by atoms with E-state index in [1.165, 1.54) is 0 Å². The number of sulfone groups is 1. The highest BCUT2D eigenvalue weighted by molar-refractivity contribution is 7.91. The van der Waals surface area contributed by atoms with Crippen molar-refractivity contribution in [3.63, 3.8) is 0 Å². The molecule has 0 unspecified atom stereocenters. The first-order valence-corrected chi connectivity index (χ1v) is 13.0. The number of aromatic nitrogens is 3. The summed E-state index contributed by atoms with van der Waals surface area (Å²) in [7, 11) is -3.31. The minimum absolute atomic E-state index is 0.0692. The van der Waals surface area contributed by atoms with E-state index in [0.717, 1.165) is 46.2 Å². The summed E-state index contributed by atoms with van der Waals surface area (Å²) in [5, 5.41) is 1.01. The van der Waals surface area contributed by atoms with Gasteiger partial charge in [0.2, 0.25) is 0 Å². The van der Waals surface area contributed by atoms with Crippen LogP contribution in [0.3, 0.4) is 0 Å². The molecule has 0 aliphatic heterocycles. The molecule has 0 aliphatic carbocycles. The van der Waals surface area contributed by atoms with Crippen molar-refractivity contribution in [3.05, 3.63) is 59.9 Å². The Morgan fingerprint density at radius 1 is 1.03 bits per heavy atom. The summed E-state index contributed by atoms with van der Waals surface area (Å²) >= 11 is 0. The van der Waals surface area contributed by atoms with Gasteiger partial charge in [-0.05, 0) is 37.5 Å². The molecule has 0 radical (unpaired) electrons. The third kappa shape index (κ3) is 4.86. The summed E-state index contributed by atoms with van der Waals surface area (Å²) in [5.74, 6) is 1.46. The monoisotopic (exact) mass is 466 g/mol. The van der Waals surface area contributed by atoms with Crippen molar-refractivity contribution in [3.8, 4) is 0 Å². The fourth-order valence-electron chi connectivity index (χ4n) is 4.18. The first-order valence-electron chi connectivity index (χ1n) is 11.3. The van der Waals surface area contributed by atoms with E-state index in [1.54, 1.807) is 12.1 Å². The largest absolute Gasteiger partial charge is 0.382 e. The van der Waals surface area contributed by atoms with Crippen LogP contribution >= 0.6 is 0 Å². The molecule has 0 bridgehead atoms. The summed E-state index contributed by atoms with van der Waals surface area (Å²) in [4.78, 5) is 9.69. The predicted octanol–water partition coefficient (Wildman–Crippen LogP) is 4.31. The summed E-state index contributed by atoms with van der Waals surface area (Å²) in [6.45, 7) is 5.39. The lowest BCUT2D eigenvalue weighted by Gasteiger charge is -2.11. The van der Waals surface area contributed by atoms with Crippen LogP contribution in [0, 0.1) is 6.92 Å². The van der Waals surface area contributed by atoms with Crippen molar-refractivity contribution in [2.45, 2.75) is 44.6 Å². The Kier molecular flexibility index (Phi) is 6.95. The van der Waals surface area contributed by atoms with Gasteiger partial charge in [-0.1, -0.05) is 43.3 Å². The van der Waals surface area contributed by atoms with Crippen LogP contribution in [0.5, 0.6) is 0 Å². The average molecular weight is 467 g/mol. The Hall–Kier alpha value is -2.97. The number of nitrogens with zero attached hydrogens (tertiary/aromatic N) is 3. The van der Waals surface area contributed by atoms with Crippen LogP contribution in [0.1, 0.15) is 31.2 Å². The molecule has 8 heteroatoms. The van der Waals surface area contributed by atoms with E-state index in [2.05, 4.69) is 16.5 Å². The summed E-state index contributed by atoms with van der Waals surface area (Å²) < 4.78 is 33.2. The van der Waals surface area contributed by atoms with E-state index in [-0.39, 0.29) is 5.75 Å². The molecule has 0 amide bonds. The summed E-state index contributed by atoms with van der Waals surface area (Å²) in [5.41, 5.74) is 9.54. The summed E-state index contributed by atoms with van der Waals surface area (Å²) in [6, 6.07) is 15.0. The van der Waals surface area contributed by atoms with Gasteiger partial charge in [0.25, 0.3) is 0 Å². The molecule has 0 saturated carbocycles. The van der Waals surface area contributed by atoms with Gasteiger partial charge in [-0.2, -0.15) is 0 Å². The number of hydrogen-bond donors (Lipinski definition) is 1. The lowest BCUT2D eigenvalue weighted by atomic mass is 10.2. The molecule has 0 aliphatic rings. The fourth-order valence-corrected chi connectivity index (χ4v) is 5.75. The second-order valence-corrected chi connectivity index (χ2v) is 10.3. The number of fused-ring (bicyclic) bond motifs is 3. The van der Waals surface area contributed by atoms with Gasteiger partial charge >= 0.3 is 0 Å².